The number of para-hydroxylation sites is 1. The van der Waals surface area contributed by atoms with Crippen molar-refractivity contribution in [1.82, 2.24) is 15.0 Å². The van der Waals surface area contributed by atoms with Crippen molar-refractivity contribution < 1.29 is 13.2 Å². The van der Waals surface area contributed by atoms with Crippen LogP contribution in [0.25, 0.3) is 11.3 Å². The van der Waals surface area contributed by atoms with Crippen molar-refractivity contribution in [2.45, 2.75) is 32.5 Å². The predicted octanol–water partition coefficient (Wildman–Crippen LogP) is 5.51. The van der Waals surface area contributed by atoms with Crippen LogP contribution < -0.4 is 10.6 Å². The fraction of sp³-hybridized carbons (Fsp3) is 0.250. The summed E-state index contributed by atoms with van der Waals surface area (Å²) >= 11 is 0. The third-order valence-electron chi connectivity index (χ3n) is 4.19. The van der Waals surface area contributed by atoms with Gasteiger partial charge in [-0.15, -0.1) is 0 Å². The van der Waals surface area contributed by atoms with E-state index in [2.05, 4.69) is 25.6 Å². The highest BCUT2D eigenvalue weighted by molar-refractivity contribution is 5.68. The summed E-state index contributed by atoms with van der Waals surface area (Å²) in [6.07, 6.45) is -0.360. The van der Waals surface area contributed by atoms with Gasteiger partial charge < -0.3 is 10.6 Å². The molecule has 0 aliphatic carbocycles. The van der Waals surface area contributed by atoms with Crippen LogP contribution in [0.2, 0.25) is 0 Å². The Labute approximate surface area is 161 Å². The first-order valence-corrected chi connectivity index (χ1v) is 8.86. The minimum atomic E-state index is -4.47. The highest BCUT2D eigenvalue weighted by Gasteiger charge is 2.33. The van der Waals surface area contributed by atoms with E-state index in [1.165, 1.54) is 12.1 Å². The molecule has 0 saturated carbocycles. The molecule has 3 rings (SSSR count). The molecule has 8 heteroatoms. The molecule has 0 amide bonds. The normalized spacial score (nSPS) is 12.5. The average Bonchev–Trinajstić information content (AvgIpc) is 2.68. The van der Waals surface area contributed by atoms with Gasteiger partial charge in [-0.25, -0.2) is 4.98 Å². The molecule has 0 aliphatic rings. The Hall–Kier alpha value is -3.16. The zero-order chi connectivity index (χ0) is 20.1. The molecule has 0 aliphatic heterocycles. The molecule has 5 nitrogen and oxygen atoms in total. The number of halogens is 3. The van der Waals surface area contributed by atoms with E-state index in [9.17, 15) is 13.2 Å². The second-order valence-electron chi connectivity index (χ2n) is 6.32. The molecule has 2 N–H and O–H groups in total. The quantitative estimate of drug-likeness (QED) is 0.584. The van der Waals surface area contributed by atoms with Crippen LogP contribution in [0.5, 0.6) is 0 Å². The Morgan fingerprint density at radius 3 is 2.43 bits per heavy atom. The van der Waals surface area contributed by atoms with Crippen molar-refractivity contribution in [3.8, 4) is 11.3 Å². The fourth-order valence-electron chi connectivity index (χ4n) is 2.55. The summed E-state index contributed by atoms with van der Waals surface area (Å²) in [4.78, 5) is 12.8. The zero-order valence-electron chi connectivity index (χ0n) is 15.5. The number of alkyl halides is 3. The van der Waals surface area contributed by atoms with E-state index in [0.717, 1.165) is 18.1 Å². The molecule has 0 unspecified atom stereocenters. The summed E-state index contributed by atoms with van der Waals surface area (Å²) in [5.41, 5.74) is 0.548. The van der Waals surface area contributed by atoms with E-state index in [-0.39, 0.29) is 17.5 Å². The van der Waals surface area contributed by atoms with E-state index in [4.69, 9.17) is 0 Å². The molecule has 1 aromatic carbocycles. The van der Waals surface area contributed by atoms with Crippen LogP contribution in [0.15, 0.2) is 54.9 Å². The van der Waals surface area contributed by atoms with Crippen molar-refractivity contribution in [2.24, 2.45) is 0 Å². The SMILES string of the molecule is CC[C@H](C)Nc1nc(Nc2ccccc2C(F)(F)F)cc(-c2ccncc2)n1. The van der Waals surface area contributed by atoms with Crippen LogP contribution >= 0.6 is 0 Å². The number of anilines is 3. The van der Waals surface area contributed by atoms with E-state index in [1.807, 2.05) is 13.8 Å². The number of nitrogens with one attached hydrogen (secondary N) is 2. The van der Waals surface area contributed by atoms with E-state index >= 15 is 0 Å². The molecular weight excluding hydrogens is 367 g/mol. The van der Waals surface area contributed by atoms with Gasteiger partial charge in [-0.2, -0.15) is 18.2 Å². The lowest BCUT2D eigenvalue weighted by Crippen LogP contribution is -2.16. The maximum Gasteiger partial charge on any atom is 0.418 e. The van der Waals surface area contributed by atoms with Gasteiger partial charge in [-0.3, -0.25) is 4.98 Å². The Kier molecular flexibility index (Phi) is 5.77. The van der Waals surface area contributed by atoms with Gasteiger partial charge in [-0.05, 0) is 37.6 Å². The van der Waals surface area contributed by atoms with Crippen molar-refractivity contribution >= 4 is 17.5 Å². The number of pyridine rings is 1. The molecule has 146 valence electrons. The van der Waals surface area contributed by atoms with Crippen molar-refractivity contribution in [2.75, 3.05) is 10.6 Å². The number of benzene rings is 1. The van der Waals surface area contributed by atoms with Gasteiger partial charge in [-0.1, -0.05) is 19.1 Å². The lowest BCUT2D eigenvalue weighted by atomic mass is 10.1. The molecule has 0 fully saturated rings. The third-order valence-corrected chi connectivity index (χ3v) is 4.19. The van der Waals surface area contributed by atoms with Crippen LogP contribution in [0, 0.1) is 0 Å². The van der Waals surface area contributed by atoms with Gasteiger partial charge >= 0.3 is 6.18 Å². The van der Waals surface area contributed by atoms with E-state index in [1.54, 1.807) is 36.7 Å². The maximum atomic E-state index is 13.3. The summed E-state index contributed by atoms with van der Waals surface area (Å²) in [6.45, 7) is 4.00. The summed E-state index contributed by atoms with van der Waals surface area (Å²) in [5.74, 6) is 0.611. The van der Waals surface area contributed by atoms with Crippen LogP contribution in [-0.2, 0) is 6.18 Å². The molecule has 3 aromatic rings. The number of hydrogen-bond acceptors (Lipinski definition) is 5. The molecule has 2 aromatic heterocycles. The monoisotopic (exact) mass is 387 g/mol. The first-order valence-electron chi connectivity index (χ1n) is 8.86. The second kappa shape index (κ2) is 8.24. The van der Waals surface area contributed by atoms with Gasteiger partial charge in [0.1, 0.15) is 5.82 Å². The van der Waals surface area contributed by atoms with Crippen molar-refractivity contribution in [3.05, 3.63) is 60.4 Å². The minimum Gasteiger partial charge on any atom is -0.352 e. The number of aromatic nitrogens is 3. The fourth-order valence-corrected chi connectivity index (χ4v) is 2.55. The molecule has 28 heavy (non-hydrogen) atoms. The van der Waals surface area contributed by atoms with Crippen molar-refractivity contribution in [1.29, 1.82) is 0 Å². The number of rotatable bonds is 6. The third kappa shape index (κ3) is 4.76. The van der Waals surface area contributed by atoms with Crippen LogP contribution in [-0.4, -0.2) is 21.0 Å². The van der Waals surface area contributed by atoms with Gasteiger partial charge in [0.2, 0.25) is 5.95 Å². The lowest BCUT2D eigenvalue weighted by Gasteiger charge is -2.16. The Balaban J connectivity index is 2.02. The smallest absolute Gasteiger partial charge is 0.352 e. The molecule has 0 bridgehead atoms. The highest BCUT2D eigenvalue weighted by atomic mass is 19.4. The van der Waals surface area contributed by atoms with Gasteiger partial charge in [0, 0.05) is 30.1 Å². The summed E-state index contributed by atoms with van der Waals surface area (Å²) in [5, 5.41) is 5.97. The highest BCUT2D eigenvalue weighted by Crippen LogP contribution is 2.36. The summed E-state index contributed by atoms with van der Waals surface area (Å²) < 4.78 is 39.9. The molecule has 0 saturated heterocycles. The molecule has 1 atom stereocenters. The predicted molar refractivity (Wildman–Crippen MR) is 103 cm³/mol. The lowest BCUT2D eigenvalue weighted by molar-refractivity contribution is -0.136. The summed E-state index contributed by atoms with van der Waals surface area (Å²) in [7, 11) is 0. The Bertz CT molecular complexity index is 929. The van der Waals surface area contributed by atoms with Crippen LogP contribution in [0.1, 0.15) is 25.8 Å². The topological polar surface area (TPSA) is 62.7 Å². The number of hydrogen-bond donors (Lipinski definition) is 2. The number of nitrogens with zero attached hydrogens (tertiary/aromatic N) is 3. The molecule has 0 radical (unpaired) electrons. The van der Waals surface area contributed by atoms with Crippen LogP contribution in [0.3, 0.4) is 0 Å². The van der Waals surface area contributed by atoms with Gasteiger partial charge in [0.25, 0.3) is 0 Å². The average molecular weight is 387 g/mol. The van der Waals surface area contributed by atoms with Gasteiger partial charge in [0.15, 0.2) is 0 Å². The standard InChI is InChI=1S/C20H20F3N5/c1-3-13(2)25-19-27-17(14-8-10-24-11-9-14)12-18(28-19)26-16-7-5-4-6-15(16)20(21,22)23/h4-13H,3H2,1-2H3,(H2,25,26,27,28)/t13-/m0/s1. The van der Waals surface area contributed by atoms with E-state index in [0.29, 0.717) is 11.6 Å². The van der Waals surface area contributed by atoms with Crippen molar-refractivity contribution in [3.63, 3.8) is 0 Å². The minimum absolute atomic E-state index is 0.0659. The molecular formula is C20H20F3N5. The second-order valence-corrected chi connectivity index (χ2v) is 6.32. The largest absolute Gasteiger partial charge is 0.418 e. The summed E-state index contributed by atoms with van der Waals surface area (Å²) in [6, 6.07) is 10.6. The Morgan fingerprint density at radius 1 is 1.04 bits per heavy atom. The Morgan fingerprint density at radius 2 is 1.75 bits per heavy atom. The van der Waals surface area contributed by atoms with Gasteiger partial charge in [0.05, 0.1) is 16.9 Å². The zero-order valence-corrected chi connectivity index (χ0v) is 15.5. The molecule has 0 spiro atoms. The molecule has 2 heterocycles. The maximum absolute atomic E-state index is 13.3. The van der Waals surface area contributed by atoms with Crippen LogP contribution in [0.4, 0.5) is 30.6 Å². The first-order chi connectivity index (χ1) is 13.4. The van der Waals surface area contributed by atoms with E-state index < -0.39 is 11.7 Å². The first kappa shape index (κ1) is 19.6.